The Balaban J connectivity index is 2.01. The molecule has 3 aromatic rings. The van der Waals surface area contributed by atoms with E-state index in [1.54, 1.807) is 31.4 Å². The van der Waals surface area contributed by atoms with Gasteiger partial charge in [0.05, 0.1) is 0 Å². The minimum absolute atomic E-state index is 0.189. The van der Waals surface area contributed by atoms with E-state index in [-0.39, 0.29) is 11.4 Å². The first-order valence-corrected chi connectivity index (χ1v) is 7.08. The molecule has 2 aromatic heterocycles. The van der Waals surface area contributed by atoms with Crippen LogP contribution in [0.25, 0.3) is 10.8 Å². The third kappa shape index (κ3) is 2.60. The van der Waals surface area contributed by atoms with Crippen molar-refractivity contribution in [3.8, 4) is 0 Å². The summed E-state index contributed by atoms with van der Waals surface area (Å²) in [6, 6.07) is 5.30. The van der Waals surface area contributed by atoms with Crippen LogP contribution in [-0.2, 0) is 7.05 Å². The van der Waals surface area contributed by atoms with E-state index in [0.29, 0.717) is 10.3 Å². The molecule has 0 unspecified atom stereocenters. The van der Waals surface area contributed by atoms with E-state index in [1.807, 2.05) is 0 Å². The quantitative estimate of drug-likeness (QED) is 0.731. The lowest BCUT2D eigenvalue weighted by atomic mass is 10.2. The highest BCUT2D eigenvalue weighted by atomic mass is 79.9. The lowest BCUT2D eigenvalue weighted by Gasteiger charge is -2.07. The Labute approximate surface area is 133 Å². The summed E-state index contributed by atoms with van der Waals surface area (Å²) in [5.74, 6) is 0.189. The van der Waals surface area contributed by atoms with Gasteiger partial charge in [-0.3, -0.25) is 9.36 Å². The lowest BCUT2D eigenvalue weighted by molar-refractivity contribution is 0.196. The van der Waals surface area contributed by atoms with E-state index in [2.05, 4.69) is 26.2 Å². The number of rotatable bonds is 2. The molecule has 0 bridgehead atoms. The molecule has 0 amide bonds. The van der Waals surface area contributed by atoms with Gasteiger partial charge in [-0.2, -0.15) is 0 Å². The number of fused-ring (bicyclic) bond motifs is 1. The van der Waals surface area contributed by atoms with Crippen molar-refractivity contribution in [2.75, 3.05) is 5.32 Å². The molecule has 0 spiro atoms. The molecule has 3 rings (SSSR count). The van der Waals surface area contributed by atoms with Crippen LogP contribution in [0.5, 0.6) is 0 Å². The molecule has 0 aliphatic carbocycles. The molecule has 22 heavy (non-hydrogen) atoms. The zero-order valence-electron chi connectivity index (χ0n) is 11.4. The third-order valence-corrected chi connectivity index (χ3v) is 3.55. The molecule has 0 fully saturated rings. The SMILES string of the molecule is Cn1cc(Br)nc(Nc2ccc3cn(C(=O)O)cc3c2)c1=O. The first-order valence-electron chi connectivity index (χ1n) is 6.29. The summed E-state index contributed by atoms with van der Waals surface area (Å²) >= 11 is 3.24. The van der Waals surface area contributed by atoms with Gasteiger partial charge < -0.3 is 15.0 Å². The average Bonchev–Trinajstić information content (AvgIpc) is 2.87. The van der Waals surface area contributed by atoms with Gasteiger partial charge in [-0.25, -0.2) is 9.78 Å². The van der Waals surface area contributed by atoms with Gasteiger partial charge in [-0.15, -0.1) is 0 Å². The van der Waals surface area contributed by atoms with Gasteiger partial charge in [0, 0.05) is 42.1 Å². The van der Waals surface area contributed by atoms with Gasteiger partial charge in [-0.05, 0) is 28.1 Å². The van der Waals surface area contributed by atoms with Crippen molar-refractivity contribution in [3.05, 3.63) is 51.7 Å². The number of aromatic nitrogens is 3. The van der Waals surface area contributed by atoms with Gasteiger partial charge in [-0.1, -0.05) is 6.07 Å². The molecule has 0 aliphatic rings. The molecule has 0 aliphatic heterocycles. The summed E-state index contributed by atoms with van der Waals surface area (Å²) < 4.78 is 3.04. The van der Waals surface area contributed by atoms with Crippen molar-refractivity contribution in [2.24, 2.45) is 7.05 Å². The first kappa shape index (κ1) is 14.3. The van der Waals surface area contributed by atoms with Crippen molar-refractivity contribution in [1.82, 2.24) is 14.1 Å². The van der Waals surface area contributed by atoms with Gasteiger partial charge >= 0.3 is 6.09 Å². The van der Waals surface area contributed by atoms with E-state index in [0.717, 1.165) is 15.3 Å². The van der Waals surface area contributed by atoms with Gasteiger partial charge in [0.15, 0.2) is 5.82 Å². The third-order valence-electron chi connectivity index (χ3n) is 3.17. The van der Waals surface area contributed by atoms with Gasteiger partial charge in [0.25, 0.3) is 5.56 Å². The highest BCUT2D eigenvalue weighted by Crippen LogP contribution is 2.22. The van der Waals surface area contributed by atoms with Gasteiger partial charge in [0.1, 0.15) is 4.60 Å². The molecule has 0 saturated heterocycles. The fourth-order valence-electron chi connectivity index (χ4n) is 2.12. The Bertz CT molecular complexity index is 945. The Kier molecular flexibility index (Phi) is 3.45. The second kappa shape index (κ2) is 5.30. The standard InChI is InChI=1S/C14H11BrN4O3/c1-18-7-11(15)17-12(13(18)20)16-10-3-2-8-5-19(14(21)22)6-9(8)4-10/h2-7H,1H3,(H,16,17)(H,21,22). The molecule has 0 radical (unpaired) electrons. The molecular weight excluding hydrogens is 352 g/mol. The number of hydrogen-bond donors (Lipinski definition) is 2. The second-order valence-electron chi connectivity index (χ2n) is 4.75. The number of halogens is 1. The normalized spacial score (nSPS) is 10.8. The summed E-state index contributed by atoms with van der Waals surface area (Å²) in [5.41, 5.74) is 0.393. The molecule has 2 heterocycles. The molecule has 112 valence electrons. The van der Waals surface area contributed by atoms with Crippen molar-refractivity contribution >= 4 is 44.3 Å². The van der Waals surface area contributed by atoms with E-state index < -0.39 is 6.09 Å². The number of nitrogens with zero attached hydrogens (tertiary/aromatic N) is 3. The first-order chi connectivity index (χ1) is 10.4. The lowest BCUT2D eigenvalue weighted by Crippen LogP contribution is -2.20. The number of nitrogens with one attached hydrogen (secondary N) is 1. The maximum atomic E-state index is 12.0. The highest BCUT2D eigenvalue weighted by Gasteiger charge is 2.08. The Morgan fingerprint density at radius 3 is 2.73 bits per heavy atom. The van der Waals surface area contributed by atoms with Crippen LogP contribution in [0.3, 0.4) is 0 Å². The molecule has 7 nitrogen and oxygen atoms in total. The molecule has 8 heteroatoms. The average molecular weight is 363 g/mol. The number of hydrogen-bond acceptors (Lipinski definition) is 4. The predicted molar refractivity (Wildman–Crippen MR) is 85.8 cm³/mol. The fourth-order valence-corrected chi connectivity index (χ4v) is 2.60. The molecule has 1 aromatic carbocycles. The number of aryl methyl sites for hydroxylation is 1. The fraction of sp³-hybridized carbons (Fsp3) is 0.0714. The monoisotopic (exact) mass is 362 g/mol. The largest absolute Gasteiger partial charge is 0.464 e. The van der Waals surface area contributed by atoms with Crippen LogP contribution < -0.4 is 10.9 Å². The minimum atomic E-state index is -1.05. The number of anilines is 2. The molecular formula is C14H11BrN4O3. The van der Waals surface area contributed by atoms with Crippen molar-refractivity contribution < 1.29 is 9.90 Å². The molecule has 0 saturated carbocycles. The minimum Gasteiger partial charge on any atom is -0.464 e. The zero-order valence-corrected chi connectivity index (χ0v) is 13.0. The maximum absolute atomic E-state index is 12.0. The summed E-state index contributed by atoms with van der Waals surface area (Å²) in [6.45, 7) is 0. The summed E-state index contributed by atoms with van der Waals surface area (Å²) in [6.07, 6.45) is 3.56. The predicted octanol–water partition coefficient (Wildman–Crippen LogP) is 2.77. The summed E-state index contributed by atoms with van der Waals surface area (Å²) in [5, 5.41) is 13.5. The Hall–Kier alpha value is -2.61. The number of carboxylic acid groups (broad SMARTS) is 1. The molecule has 0 atom stereocenters. The smallest absolute Gasteiger partial charge is 0.415 e. The van der Waals surface area contributed by atoms with Crippen molar-refractivity contribution in [1.29, 1.82) is 0 Å². The van der Waals surface area contributed by atoms with E-state index in [1.165, 1.54) is 17.0 Å². The topological polar surface area (TPSA) is 89.2 Å². The Morgan fingerprint density at radius 2 is 2.00 bits per heavy atom. The van der Waals surface area contributed by atoms with Crippen LogP contribution in [0.1, 0.15) is 0 Å². The maximum Gasteiger partial charge on any atom is 0.415 e. The zero-order chi connectivity index (χ0) is 15.9. The van der Waals surface area contributed by atoms with Crippen LogP contribution in [-0.4, -0.2) is 25.3 Å². The van der Waals surface area contributed by atoms with Crippen LogP contribution in [0.4, 0.5) is 16.3 Å². The number of benzene rings is 1. The van der Waals surface area contributed by atoms with Crippen LogP contribution in [0.15, 0.2) is 46.2 Å². The van der Waals surface area contributed by atoms with E-state index in [4.69, 9.17) is 5.11 Å². The second-order valence-corrected chi connectivity index (χ2v) is 5.56. The number of carbonyl (C=O) groups is 1. The van der Waals surface area contributed by atoms with Crippen LogP contribution in [0, 0.1) is 0 Å². The Morgan fingerprint density at radius 1 is 1.27 bits per heavy atom. The van der Waals surface area contributed by atoms with Crippen LogP contribution >= 0.6 is 15.9 Å². The van der Waals surface area contributed by atoms with E-state index in [9.17, 15) is 9.59 Å². The van der Waals surface area contributed by atoms with E-state index >= 15 is 0 Å². The van der Waals surface area contributed by atoms with Crippen LogP contribution in [0.2, 0.25) is 0 Å². The molecule has 2 N–H and O–H groups in total. The van der Waals surface area contributed by atoms with Gasteiger partial charge in [0.2, 0.25) is 0 Å². The van der Waals surface area contributed by atoms with Crippen molar-refractivity contribution in [3.63, 3.8) is 0 Å². The summed E-state index contributed by atoms with van der Waals surface area (Å²) in [7, 11) is 1.64. The highest BCUT2D eigenvalue weighted by molar-refractivity contribution is 9.10. The van der Waals surface area contributed by atoms with Crippen molar-refractivity contribution in [2.45, 2.75) is 0 Å². The summed E-state index contributed by atoms with van der Waals surface area (Å²) in [4.78, 5) is 27.1.